The van der Waals surface area contributed by atoms with Crippen molar-refractivity contribution in [3.8, 4) is 0 Å². The van der Waals surface area contributed by atoms with Crippen LogP contribution in [0.2, 0.25) is 0 Å². The summed E-state index contributed by atoms with van der Waals surface area (Å²) in [5.41, 5.74) is 10.6. The Morgan fingerprint density at radius 1 is 1.15 bits per heavy atom. The summed E-state index contributed by atoms with van der Waals surface area (Å²) < 4.78 is 0.909. The summed E-state index contributed by atoms with van der Waals surface area (Å²) in [4.78, 5) is 34.4. The molecule has 2 amide bonds. The highest BCUT2D eigenvalue weighted by Crippen LogP contribution is 2.38. The van der Waals surface area contributed by atoms with E-state index in [1.54, 1.807) is 4.90 Å². The molecule has 2 aliphatic heterocycles. The second kappa shape index (κ2) is 8.13. The van der Waals surface area contributed by atoms with Gasteiger partial charge in [0, 0.05) is 24.8 Å². The number of aromatic nitrogens is 1. The van der Waals surface area contributed by atoms with E-state index in [1.807, 2.05) is 6.92 Å². The summed E-state index contributed by atoms with van der Waals surface area (Å²) in [5, 5.41) is 13.7. The van der Waals surface area contributed by atoms with Gasteiger partial charge in [0.05, 0.1) is 27.5 Å². The summed E-state index contributed by atoms with van der Waals surface area (Å²) in [6.45, 7) is 3.46. The van der Waals surface area contributed by atoms with Gasteiger partial charge in [-0.2, -0.15) is 0 Å². The molecule has 0 saturated carbocycles. The Hall–Kier alpha value is -2.85. The molecule has 4 heterocycles. The summed E-state index contributed by atoms with van der Waals surface area (Å²) in [5.74, 6) is -0.109. The van der Waals surface area contributed by atoms with Crippen LogP contribution < -0.4 is 16.0 Å². The number of thiophene rings is 1. The smallest absolute Gasteiger partial charge is 0.407 e. The highest BCUT2D eigenvalue weighted by atomic mass is 32.1. The Kier molecular flexibility index (Phi) is 5.18. The van der Waals surface area contributed by atoms with Crippen LogP contribution in [0.5, 0.6) is 0 Å². The number of nitrogens with one attached hydrogen (secondary N) is 1. The molecule has 1 aliphatic carbocycles. The summed E-state index contributed by atoms with van der Waals surface area (Å²) >= 11 is 2.90. The molecular formula is C24H27N5O3S2. The molecule has 0 radical (unpaired) electrons. The number of aryl methyl sites for hydroxylation is 2. The van der Waals surface area contributed by atoms with Gasteiger partial charge in [0.15, 0.2) is 0 Å². The average molecular weight is 498 g/mol. The van der Waals surface area contributed by atoms with Crippen LogP contribution in [0.4, 0.5) is 16.2 Å². The number of carbonyl (C=O) groups excluding carboxylic acids is 1. The van der Waals surface area contributed by atoms with Gasteiger partial charge in [-0.15, -0.1) is 22.7 Å². The van der Waals surface area contributed by atoms with Crippen LogP contribution in [-0.2, 0) is 12.8 Å². The molecular weight excluding hydrogens is 470 g/mol. The molecule has 4 N–H and O–H groups in total. The van der Waals surface area contributed by atoms with Crippen LogP contribution in [0.1, 0.15) is 45.1 Å². The molecule has 3 atom stereocenters. The Morgan fingerprint density at radius 3 is 2.62 bits per heavy atom. The van der Waals surface area contributed by atoms with E-state index in [0.29, 0.717) is 10.6 Å². The number of fused-ring (bicyclic) bond motifs is 4. The number of piperazine rings is 1. The Morgan fingerprint density at radius 2 is 1.91 bits per heavy atom. The molecule has 6 rings (SSSR count). The van der Waals surface area contributed by atoms with E-state index in [4.69, 9.17) is 5.73 Å². The molecule has 3 aliphatic rings. The zero-order chi connectivity index (χ0) is 23.6. The number of hydrogen-bond donors (Lipinski definition) is 3. The average Bonchev–Trinajstić information content (AvgIpc) is 3.42. The summed E-state index contributed by atoms with van der Waals surface area (Å²) in [6.07, 6.45) is 3.70. The van der Waals surface area contributed by atoms with Crippen molar-refractivity contribution in [1.29, 1.82) is 0 Å². The molecule has 34 heavy (non-hydrogen) atoms. The van der Waals surface area contributed by atoms with Crippen molar-refractivity contribution in [2.45, 2.75) is 57.2 Å². The lowest BCUT2D eigenvalue weighted by Crippen LogP contribution is -2.55. The van der Waals surface area contributed by atoms with Crippen LogP contribution >= 0.6 is 22.7 Å². The number of carboxylic acid groups (broad SMARTS) is 1. The van der Waals surface area contributed by atoms with Gasteiger partial charge in [-0.3, -0.25) is 9.69 Å². The molecule has 1 aromatic carbocycles. The number of carbonyl (C=O) groups is 2. The molecule has 2 bridgehead atoms. The first-order valence-electron chi connectivity index (χ1n) is 11.7. The largest absolute Gasteiger partial charge is 0.465 e. The number of nitrogens with two attached hydrogens (primary N) is 1. The van der Waals surface area contributed by atoms with Crippen molar-refractivity contribution < 1.29 is 14.7 Å². The van der Waals surface area contributed by atoms with Crippen molar-refractivity contribution in [2.75, 3.05) is 23.7 Å². The zero-order valence-electron chi connectivity index (χ0n) is 18.9. The maximum atomic E-state index is 12.9. The van der Waals surface area contributed by atoms with Gasteiger partial charge in [-0.1, -0.05) is 6.07 Å². The SMILES string of the molecule is Cc1nc2sc(C(=O)NC3CCc4cc(N5CC6CCC(C5)N6C(=O)O)ccc4C3)c(N)c2s1. The van der Waals surface area contributed by atoms with Gasteiger partial charge in [-0.25, -0.2) is 9.78 Å². The number of rotatable bonds is 3. The first-order valence-corrected chi connectivity index (χ1v) is 13.3. The molecule has 0 spiro atoms. The second-order valence-corrected chi connectivity index (χ2v) is 11.8. The number of hydrogen-bond acceptors (Lipinski definition) is 7. The van der Waals surface area contributed by atoms with E-state index >= 15 is 0 Å². The van der Waals surface area contributed by atoms with Crippen molar-refractivity contribution in [2.24, 2.45) is 0 Å². The van der Waals surface area contributed by atoms with Crippen LogP contribution in [0.3, 0.4) is 0 Å². The first kappa shape index (κ1) is 21.7. The van der Waals surface area contributed by atoms with Gasteiger partial charge in [-0.05, 0) is 62.3 Å². The van der Waals surface area contributed by atoms with Crippen LogP contribution in [0.15, 0.2) is 18.2 Å². The second-order valence-electron chi connectivity index (χ2n) is 9.56. The Labute approximate surface area is 205 Å². The van der Waals surface area contributed by atoms with Gasteiger partial charge in [0.2, 0.25) is 0 Å². The van der Waals surface area contributed by atoms with Crippen LogP contribution in [0.25, 0.3) is 9.53 Å². The fourth-order valence-corrected chi connectivity index (χ4v) is 7.90. The molecule has 2 fully saturated rings. The van der Waals surface area contributed by atoms with E-state index in [0.717, 1.165) is 59.7 Å². The van der Waals surface area contributed by atoms with E-state index in [9.17, 15) is 14.7 Å². The molecule has 3 unspecified atom stereocenters. The molecule has 8 nitrogen and oxygen atoms in total. The quantitative estimate of drug-likeness (QED) is 0.507. The third kappa shape index (κ3) is 3.60. The molecule has 2 aromatic heterocycles. The number of amides is 2. The molecule has 3 aromatic rings. The van der Waals surface area contributed by atoms with Crippen molar-refractivity contribution in [3.05, 3.63) is 39.2 Å². The van der Waals surface area contributed by atoms with Gasteiger partial charge in [0.25, 0.3) is 5.91 Å². The standard InChI is InChI=1S/C24H27N5O3S2/c1-12-26-23-21(33-12)19(25)20(34-23)22(30)27-15-4-2-14-9-16(5-3-13(14)8-15)28-10-17-6-7-18(11-28)29(17)24(31)32/h3,5,9,15,17-18H,2,4,6-8,10-11,25H2,1H3,(H,27,30)(H,31,32). The number of thiazole rings is 1. The third-order valence-corrected chi connectivity index (χ3v) is 9.65. The van der Waals surface area contributed by atoms with Crippen LogP contribution in [-0.4, -0.2) is 58.2 Å². The van der Waals surface area contributed by atoms with Crippen LogP contribution in [0, 0.1) is 6.92 Å². The topological polar surface area (TPSA) is 112 Å². The lowest BCUT2D eigenvalue weighted by Gasteiger charge is -2.41. The highest BCUT2D eigenvalue weighted by molar-refractivity contribution is 7.29. The fourth-order valence-electron chi connectivity index (χ4n) is 5.81. The third-order valence-electron chi connectivity index (χ3n) is 7.42. The normalized spacial score (nSPS) is 23.9. The maximum Gasteiger partial charge on any atom is 0.407 e. The summed E-state index contributed by atoms with van der Waals surface area (Å²) in [6, 6.07) is 6.85. The van der Waals surface area contributed by atoms with E-state index < -0.39 is 6.09 Å². The number of nitrogen functional groups attached to an aromatic ring is 1. The monoisotopic (exact) mass is 497 g/mol. The van der Waals surface area contributed by atoms with Gasteiger partial charge in [0.1, 0.15) is 9.71 Å². The number of nitrogens with zero attached hydrogens (tertiary/aromatic N) is 3. The highest BCUT2D eigenvalue weighted by Gasteiger charge is 2.42. The Balaban J connectivity index is 1.13. The molecule has 2 saturated heterocycles. The maximum absolute atomic E-state index is 12.9. The predicted octanol–water partition coefficient (Wildman–Crippen LogP) is 3.87. The first-order chi connectivity index (χ1) is 16.4. The van der Waals surface area contributed by atoms with Crippen molar-refractivity contribution in [3.63, 3.8) is 0 Å². The van der Waals surface area contributed by atoms with Crippen molar-refractivity contribution in [1.82, 2.24) is 15.2 Å². The summed E-state index contributed by atoms with van der Waals surface area (Å²) in [7, 11) is 0. The van der Waals surface area contributed by atoms with Gasteiger partial charge < -0.3 is 21.1 Å². The minimum Gasteiger partial charge on any atom is -0.465 e. The van der Waals surface area contributed by atoms with E-state index in [-0.39, 0.29) is 24.0 Å². The number of benzene rings is 1. The Bertz CT molecular complexity index is 1290. The van der Waals surface area contributed by atoms with Gasteiger partial charge >= 0.3 is 6.09 Å². The van der Waals surface area contributed by atoms with E-state index in [2.05, 4.69) is 33.4 Å². The van der Waals surface area contributed by atoms with Crippen molar-refractivity contribution >= 4 is 55.6 Å². The minimum absolute atomic E-state index is 0.0787. The minimum atomic E-state index is -0.791. The van der Waals surface area contributed by atoms with E-state index in [1.165, 1.54) is 39.5 Å². The molecule has 178 valence electrons. The number of anilines is 2. The predicted molar refractivity (Wildman–Crippen MR) is 135 cm³/mol. The zero-order valence-corrected chi connectivity index (χ0v) is 20.5. The lowest BCUT2D eigenvalue weighted by atomic mass is 9.87. The fraction of sp³-hybridized carbons (Fsp3) is 0.458. The molecule has 10 heteroatoms. The lowest BCUT2D eigenvalue weighted by molar-refractivity contribution is 0.0938.